The summed E-state index contributed by atoms with van der Waals surface area (Å²) in [6.45, 7) is 5.50. The molecule has 2 saturated heterocycles. The van der Waals surface area contributed by atoms with Gasteiger partial charge in [-0.1, -0.05) is 6.42 Å². The van der Waals surface area contributed by atoms with E-state index in [4.69, 9.17) is 4.74 Å². The molecule has 2 rings (SSSR count). The summed E-state index contributed by atoms with van der Waals surface area (Å²) in [6, 6.07) is 1.07. The zero-order valence-electron chi connectivity index (χ0n) is 10.5. The van der Waals surface area contributed by atoms with Crippen molar-refractivity contribution in [1.82, 2.24) is 10.0 Å². The predicted octanol–water partition coefficient (Wildman–Crippen LogP) is 1.41. The Labute approximate surface area is 97.5 Å². The van der Waals surface area contributed by atoms with E-state index in [9.17, 15) is 4.79 Å². The molecule has 0 saturated carbocycles. The Balaban J connectivity index is 2.03. The third-order valence-corrected chi connectivity index (χ3v) is 3.91. The molecule has 2 aliphatic heterocycles. The average molecular weight is 226 g/mol. The van der Waals surface area contributed by atoms with Gasteiger partial charge in [0, 0.05) is 18.6 Å². The number of hydrogen-bond donors (Lipinski definition) is 0. The van der Waals surface area contributed by atoms with Crippen LogP contribution in [0, 0.1) is 0 Å². The van der Waals surface area contributed by atoms with E-state index in [0.717, 1.165) is 13.0 Å². The SMILES string of the molecule is COC(=O)C1CCN1N1C(C)CCCC1C. The van der Waals surface area contributed by atoms with Gasteiger partial charge in [0.15, 0.2) is 0 Å². The van der Waals surface area contributed by atoms with Gasteiger partial charge in [0.2, 0.25) is 0 Å². The highest BCUT2D eigenvalue weighted by atomic mass is 16.5. The maximum atomic E-state index is 11.6. The first-order chi connectivity index (χ1) is 7.65. The fraction of sp³-hybridized carbons (Fsp3) is 0.917. The third kappa shape index (κ3) is 1.96. The zero-order valence-corrected chi connectivity index (χ0v) is 10.5. The summed E-state index contributed by atoms with van der Waals surface area (Å²) in [5.41, 5.74) is 0. The molecule has 16 heavy (non-hydrogen) atoms. The molecule has 3 atom stereocenters. The molecule has 0 aliphatic carbocycles. The molecule has 0 spiro atoms. The van der Waals surface area contributed by atoms with Crippen LogP contribution in [0.5, 0.6) is 0 Å². The van der Waals surface area contributed by atoms with Crippen molar-refractivity contribution < 1.29 is 9.53 Å². The van der Waals surface area contributed by atoms with Crippen LogP contribution in [0.2, 0.25) is 0 Å². The number of ether oxygens (including phenoxy) is 1. The van der Waals surface area contributed by atoms with Crippen molar-refractivity contribution in [3.8, 4) is 0 Å². The number of carbonyl (C=O) groups is 1. The highest BCUT2D eigenvalue weighted by molar-refractivity contribution is 5.76. The van der Waals surface area contributed by atoms with Gasteiger partial charge in [-0.25, -0.2) is 10.0 Å². The third-order valence-electron chi connectivity index (χ3n) is 3.91. The normalized spacial score (nSPS) is 36.8. The summed E-state index contributed by atoms with van der Waals surface area (Å²) in [5.74, 6) is -0.0868. The molecule has 92 valence electrons. The lowest BCUT2D eigenvalue weighted by atomic mass is 9.97. The summed E-state index contributed by atoms with van der Waals surface area (Å²) in [7, 11) is 1.47. The van der Waals surface area contributed by atoms with Crippen LogP contribution in [-0.4, -0.2) is 47.8 Å². The van der Waals surface area contributed by atoms with Crippen molar-refractivity contribution in [2.24, 2.45) is 0 Å². The molecule has 0 aromatic carbocycles. The highest BCUT2D eigenvalue weighted by Crippen LogP contribution is 2.30. The van der Waals surface area contributed by atoms with E-state index < -0.39 is 0 Å². The molecule has 0 aromatic rings. The molecule has 2 fully saturated rings. The van der Waals surface area contributed by atoms with Crippen molar-refractivity contribution in [2.75, 3.05) is 13.7 Å². The first-order valence-electron chi connectivity index (χ1n) is 6.28. The second kappa shape index (κ2) is 4.72. The lowest BCUT2D eigenvalue weighted by Gasteiger charge is -2.52. The number of piperidine rings is 1. The van der Waals surface area contributed by atoms with Gasteiger partial charge in [-0.05, 0) is 33.1 Å². The van der Waals surface area contributed by atoms with E-state index in [2.05, 4.69) is 23.9 Å². The lowest BCUT2D eigenvalue weighted by molar-refractivity contribution is -0.194. The van der Waals surface area contributed by atoms with Gasteiger partial charge in [-0.3, -0.25) is 4.79 Å². The zero-order chi connectivity index (χ0) is 11.7. The van der Waals surface area contributed by atoms with E-state index in [-0.39, 0.29) is 12.0 Å². The van der Waals surface area contributed by atoms with Crippen molar-refractivity contribution in [1.29, 1.82) is 0 Å². The van der Waals surface area contributed by atoms with Crippen LogP contribution in [0.15, 0.2) is 0 Å². The van der Waals surface area contributed by atoms with E-state index in [0.29, 0.717) is 12.1 Å². The maximum absolute atomic E-state index is 11.6. The summed E-state index contributed by atoms with van der Waals surface area (Å²) in [4.78, 5) is 11.6. The monoisotopic (exact) mass is 226 g/mol. The van der Waals surface area contributed by atoms with Crippen LogP contribution >= 0.6 is 0 Å². The van der Waals surface area contributed by atoms with Crippen LogP contribution in [0.25, 0.3) is 0 Å². The number of rotatable bonds is 2. The molecule has 3 unspecified atom stereocenters. The number of hydrazine groups is 1. The van der Waals surface area contributed by atoms with Crippen LogP contribution < -0.4 is 0 Å². The van der Waals surface area contributed by atoms with Gasteiger partial charge < -0.3 is 4.74 Å². The standard InChI is InChI=1S/C12H22N2O2/c1-9-5-4-6-10(2)14(9)13-8-7-11(13)12(15)16-3/h9-11H,4-8H2,1-3H3. The van der Waals surface area contributed by atoms with Gasteiger partial charge in [-0.2, -0.15) is 0 Å². The minimum absolute atomic E-state index is 0.0343. The fourth-order valence-electron chi connectivity index (χ4n) is 2.94. The van der Waals surface area contributed by atoms with E-state index in [1.54, 1.807) is 0 Å². The number of methoxy groups -OCH3 is 1. The summed E-state index contributed by atoms with van der Waals surface area (Å²) >= 11 is 0. The molecule has 4 nitrogen and oxygen atoms in total. The van der Waals surface area contributed by atoms with Crippen molar-refractivity contribution in [3.05, 3.63) is 0 Å². The first-order valence-corrected chi connectivity index (χ1v) is 6.28. The van der Waals surface area contributed by atoms with Crippen LogP contribution in [0.3, 0.4) is 0 Å². The molecular formula is C12H22N2O2. The minimum Gasteiger partial charge on any atom is -0.468 e. The average Bonchev–Trinajstić information content (AvgIpc) is 2.21. The van der Waals surface area contributed by atoms with Crippen molar-refractivity contribution in [3.63, 3.8) is 0 Å². The number of hydrogen-bond acceptors (Lipinski definition) is 4. The lowest BCUT2D eigenvalue weighted by Crippen LogP contribution is -2.65. The maximum Gasteiger partial charge on any atom is 0.324 e. The minimum atomic E-state index is -0.0868. The molecule has 0 amide bonds. The van der Waals surface area contributed by atoms with E-state index >= 15 is 0 Å². The highest BCUT2D eigenvalue weighted by Gasteiger charge is 2.42. The van der Waals surface area contributed by atoms with Crippen LogP contribution in [0.1, 0.15) is 39.5 Å². The Bertz CT molecular complexity index is 260. The summed E-state index contributed by atoms with van der Waals surface area (Å²) < 4.78 is 4.84. The predicted molar refractivity (Wildman–Crippen MR) is 61.7 cm³/mol. The van der Waals surface area contributed by atoms with E-state index in [1.807, 2.05) is 0 Å². The Morgan fingerprint density at radius 1 is 1.19 bits per heavy atom. The second-order valence-corrected chi connectivity index (χ2v) is 5.00. The van der Waals surface area contributed by atoms with Gasteiger partial charge in [0.1, 0.15) is 6.04 Å². The molecule has 4 heteroatoms. The van der Waals surface area contributed by atoms with Gasteiger partial charge in [0.05, 0.1) is 7.11 Å². The number of nitrogens with zero attached hydrogens (tertiary/aromatic N) is 2. The molecule has 2 aliphatic rings. The molecule has 0 bridgehead atoms. The van der Waals surface area contributed by atoms with Crippen LogP contribution in [-0.2, 0) is 9.53 Å². The topological polar surface area (TPSA) is 32.8 Å². The van der Waals surface area contributed by atoms with Crippen molar-refractivity contribution in [2.45, 2.75) is 57.7 Å². The van der Waals surface area contributed by atoms with Gasteiger partial charge >= 0.3 is 5.97 Å². The molecule has 0 aromatic heterocycles. The van der Waals surface area contributed by atoms with Gasteiger partial charge in [-0.15, -0.1) is 0 Å². The first kappa shape index (κ1) is 11.9. The second-order valence-electron chi connectivity index (χ2n) is 5.00. The Morgan fingerprint density at radius 2 is 1.81 bits per heavy atom. The van der Waals surface area contributed by atoms with E-state index in [1.165, 1.54) is 26.4 Å². The smallest absolute Gasteiger partial charge is 0.324 e. The molecule has 0 N–H and O–H groups in total. The van der Waals surface area contributed by atoms with Gasteiger partial charge in [0.25, 0.3) is 0 Å². The number of carbonyl (C=O) groups excluding carboxylic acids is 1. The summed E-state index contributed by atoms with van der Waals surface area (Å²) in [5, 5.41) is 4.61. The van der Waals surface area contributed by atoms with Crippen LogP contribution in [0.4, 0.5) is 0 Å². The molecule has 2 heterocycles. The van der Waals surface area contributed by atoms with Crippen molar-refractivity contribution >= 4 is 5.97 Å². The quantitative estimate of drug-likeness (QED) is 0.667. The number of esters is 1. The fourth-order valence-corrected chi connectivity index (χ4v) is 2.94. The molecule has 0 radical (unpaired) electrons. The Morgan fingerprint density at radius 3 is 2.25 bits per heavy atom. The largest absolute Gasteiger partial charge is 0.468 e. The Kier molecular flexibility index (Phi) is 3.50. The molecular weight excluding hydrogens is 204 g/mol. The Hall–Kier alpha value is -0.610. The summed E-state index contributed by atoms with van der Waals surface area (Å²) in [6.07, 6.45) is 4.70.